The molecule has 0 aliphatic rings. The smallest absolute Gasteiger partial charge is 0.243 e. The van der Waals surface area contributed by atoms with Crippen LogP contribution < -0.4 is 21.1 Å². The predicted octanol–water partition coefficient (Wildman–Crippen LogP) is 5.49. The van der Waals surface area contributed by atoms with Crippen molar-refractivity contribution in [2.24, 2.45) is 23.5 Å². The summed E-state index contributed by atoms with van der Waals surface area (Å²) in [6.07, 6.45) is 0.437. The molecule has 0 radical (unpaired) electrons. The molecule has 0 saturated carbocycles. The number of hydrogen-bond acceptors (Lipinski definition) is 8. The Hall–Kier alpha value is -4.34. The van der Waals surface area contributed by atoms with Gasteiger partial charge in [-0.1, -0.05) is 70.5 Å². The van der Waals surface area contributed by atoms with E-state index in [2.05, 4.69) is 16.7 Å². The van der Waals surface area contributed by atoms with Gasteiger partial charge in [0.25, 0.3) is 0 Å². The molecule has 51 heavy (non-hydrogen) atoms. The number of nitrogens with zero attached hydrogens (tertiary/aromatic N) is 1. The Labute approximate surface area is 301 Å². The maximum absolute atomic E-state index is 13.6. The van der Waals surface area contributed by atoms with Crippen LogP contribution in [0.15, 0.2) is 66.7 Å². The number of benzene rings is 3. The first-order chi connectivity index (χ1) is 24.5. The third-order valence-corrected chi connectivity index (χ3v) is 9.00. The summed E-state index contributed by atoms with van der Waals surface area (Å²) in [7, 11) is 1.63. The van der Waals surface area contributed by atoms with E-state index >= 15 is 0 Å². The summed E-state index contributed by atoms with van der Waals surface area (Å²) in [6.45, 7) is 9.17. The highest BCUT2D eigenvalue weighted by Crippen LogP contribution is 2.32. The molecule has 0 aliphatic heterocycles. The minimum absolute atomic E-state index is 0.0462. The van der Waals surface area contributed by atoms with Crippen LogP contribution in [0.1, 0.15) is 63.6 Å². The van der Waals surface area contributed by atoms with E-state index in [1.54, 1.807) is 43.5 Å². The largest absolute Gasteiger partial charge is 0.493 e. The zero-order valence-electron chi connectivity index (χ0n) is 30.4. The fourth-order valence-corrected chi connectivity index (χ4v) is 5.53. The van der Waals surface area contributed by atoms with Crippen molar-refractivity contribution in [3.8, 4) is 22.9 Å². The first-order valence-corrected chi connectivity index (χ1v) is 17.6. The number of aliphatic hydroxyl groups is 1. The Morgan fingerprint density at radius 2 is 1.67 bits per heavy atom. The molecule has 5 atom stereocenters. The predicted molar refractivity (Wildman–Crippen MR) is 195 cm³/mol. The van der Waals surface area contributed by atoms with Gasteiger partial charge in [-0.15, -0.1) is 0 Å². The van der Waals surface area contributed by atoms with Crippen molar-refractivity contribution in [2.45, 2.75) is 78.3 Å². The Bertz CT molecular complexity index is 1560. The molecule has 0 unspecified atom stereocenters. The second-order valence-corrected chi connectivity index (χ2v) is 13.3. The lowest BCUT2D eigenvalue weighted by Gasteiger charge is -2.29. The molecular formula is C40H53FN4O6. The van der Waals surface area contributed by atoms with Crippen LogP contribution in [0.4, 0.5) is 4.39 Å². The number of nitrogens with two attached hydrogens (primary N) is 1. The molecule has 0 aliphatic carbocycles. The number of ether oxygens (including phenoxy) is 3. The van der Waals surface area contributed by atoms with E-state index < -0.39 is 24.1 Å². The fraction of sp³-hybridized carbons (Fsp3) is 0.475. The summed E-state index contributed by atoms with van der Waals surface area (Å²) in [5.74, 6) is -1.17. The highest BCUT2D eigenvalue weighted by atomic mass is 19.1. The number of hydrogen-bond donors (Lipinski definition) is 4. The number of nitrogens with one attached hydrogen (secondary N) is 2. The molecule has 0 heterocycles. The van der Waals surface area contributed by atoms with Crippen LogP contribution in [0.2, 0.25) is 0 Å². The molecule has 0 aromatic heterocycles. The second kappa shape index (κ2) is 21.1. The molecule has 5 N–H and O–H groups in total. The Morgan fingerprint density at radius 1 is 0.980 bits per heavy atom. The van der Waals surface area contributed by atoms with Gasteiger partial charge in [-0.25, -0.2) is 4.39 Å². The molecule has 0 spiro atoms. The van der Waals surface area contributed by atoms with Crippen LogP contribution in [0.25, 0.3) is 11.1 Å². The van der Waals surface area contributed by atoms with Crippen molar-refractivity contribution in [1.29, 1.82) is 5.26 Å². The number of nitriles is 1. The zero-order valence-corrected chi connectivity index (χ0v) is 30.4. The minimum atomic E-state index is -1.03. The topological polar surface area (TPSA) is 156 Å². The van der Waals surface area contributed by atoms with E-state index in [0.29, 0.717) is 37.4 Å². The van der Waals surface area contributed by atoms with Gasteiger partial charge in [-0.2, -0.15) is 5.26 Å². The van der Waals surface area contributed by atoms with Gasteiger partial charge in [0.1, 0.15) is 17.6 Å². The molecule has 10 nitrogen and oxygen atoms in total. The van der Waals surface area contributed by atoms with Gasteiger partial charge in [0.05, 0.1) is 43.6 Å². The first kappa shape index (κ1) is 41.1. The lowest BCUT2D eigenvalue weighted by molar-refractivity contribution is -0.134. The lowest BCUT2D eigenvalue weighted by Crippen LogP contribution is -2.52. The molecule has 0 fully saturated rings. The summed E-state index contributed by atoms with van der Waals surface area (Å²) in [4.78, 5) is 26.8. The molecule has 3 aromatic rings. The summed E-state index contributed by atoms with van der Waals surface area (Å²) in [5, 5.41) is 25.9. The monoisotopic (exact) mass is 704 g/mol. The third-order valence-electron chi connectivity index (χ3n) is 9.00. The first-order valence-electron chi connectivity index (χ1n) is 17.6. The summed E-state index contributed by atoms with van der Waals surface area (Å²) in [5.41, 5.74) is 10.2. The Morgan fingerprint density at radius 3 is 2.29 bits per heavy atom. The number of rotatable bonds is 21. The van der Waals surface area contributed by atoms with Gasteiger partial charge < -0.3 is 35.7 Å². The standard InChI is InChI=1S/C40H53FN4O6/c1-6-27(4)38(40(48)44-23-29-10-8-28(22-42)9-11-29)45-39(47)34(26(2)3)21-36(46)35(43)25-50-24-30-12-17-33(31-13-15-32(41)16-14-31)37(20-30)51-19-7-18-49-5/h8-17,20,26-27,34-36,38,46H,6-7,18-19,21,23-25,43H2,1-5H3,(H,44,48)(H,45,47)/t27-,34-,35-,36-,38-/m0/s1. The molecule has 0 bridgehead atoms. The van der Waals surface area contributed by atoms with Crippen molar-refractivity contribution in [1.82, 2.24) is 10.6 Å². The average molecular weight is 705 g/mol. The number of amides is 2. The van der Waals surface area contributed by atoms with Crippen LogP contribution in [0, 0.1) is 34.9 Å². The fourth-order valence-electron chi connectivity index (χ4n) is 5.53. The molecule has 0 saturated heterocycles. The molecule has 276 valence electrons. The van der Waals surface area contributed by atoms with Crippen LogP contribution in [0.3, 0.4) is 0 Å². The van der Waals surface area contributed by atoms with Crippen LogP contribution >= 0.6 is 0 Å². The van der Waals surface area contributed by atoms with Crippen LogP contribution in [-0.2, 0) is 32.2 Å². The van der Waals surface area contributed by atoms with Crippen molar-refractivity contribution in [2.75, 3.05) is 26.9 Å². The van der Waals surface area contributed by atoms with E-state index in [9.17, 15) is 19.1 Å². The Kier molecular flexibility index (Phi) is 17.0. The molecule has 3 aromatic carbocycles. The van der Waals surface area contributed by atoms with Gasteiger partial charge in [0.2, 0.25) is 11.8 Å². The van der Waals surface area contributed by atoms with Gasteiger partial charge in [0.15, 0.2) is 0 Å². The quantitative estimate of drug-likeness (QED) is 0.106. The summed E-state index contributed by atoms with van der Waals surface area (Å²) >= 11 is 0. The van der Waals surface area contributed by atoms with Gasteiger partial charge in [0, 0.05) is 38.2 Å². The maximum atomic E-state index is 13.6. The highest BCUT2D eigenvalue weighted by molar-refractivity contribution is 5.88. The maximum Gasteiger partial charge on any atom is 0.243 e. The van der Waals surface area contributed by atoms with E-state index in [0.717, 1.165) is 22.3 Å². The number of carbonyl (C=O) groups is 2. The Balaban J connectivity index is 1.58. The van der Waals surface area contributed by atoms with E-state index in [1.165, 1.54) is 12.1 Å². The number of aliphatic hydroxyl groups excluding tert-OH is 1. The molecular weight excluding hydrogens is 651 g/mol. The number of carbonyl (C=O) groups excluding carboxylic acids is 2. The van der Waals surface area contributed by atoms with Gasteiger partial charge >= 0.3 is 0 Å². The lowest BCUT2D eigenvalue weighted by atomic mass is 9.86. The number of halogens is 1. The third kappa shape index (κ3) is 13.1. The normalized spacial score (nSPS) is 14.2. The van der Waals surface area contributed by atoms with Gasteiger partial charge in [-0.3, -0.25) is 9.59 Å². The van der Waals surface area contributed by atoms with E-state index in [4.69, 9.17) is 25.2 Å². The summed E-state index contributed by atoms with van der Waals surface area (Å²) in [6, 6.07) is 19.4. The van der Waals surface area contributed by atoms with Crippen molar-refractivity contribution in [3.63, 3.8) is 0 Å². The summed E-state index contributed by atoms with van der Waals surface area (Å²) < 4.78 is 30.6. The van der Waals surface area contributed by atoms with E-state index in [-0.39, 0.29) is 55.6 Å². The molecule has 3 rings (SSSR count). The SMILES string of the molecule is CC[C@H](C)[C@H](NC(=O)[C@@H](C[C@H](O)[C@@H](N)COCc1ccc(-c2ccc(F)cc2)c(OCCCOC)c1)C(C)C)C(=O)NCc1ccc(C#N)cc1. The van der Waals surface area contributed by atoms with Crippen molar-refractivity contribution < 1.29 is 33.3 Å². The second-order valence-electron chi connectivity index (χ2n) is 13.3. The van der Waals surface area contributed by atoms with E-state index in [1.807, 2.05) is 45.9 Å². The van der Waals surface area contributed by atoms with Crippen molar-refractivity contribution >= 4 is 11.8 Å². The zero-order chi connectivity index (χ0) is 37.3. The minimum Gasteiger partial charge on any atom is -0.493 e. The molecule has 11 heteroatoms. The highest BCUT2D eigenvalue weighted by Gasteiger charge is 2.32. The van der Waals surface area contributed by atoms with Crippen LogP contribution in [0.5, 0.6) is 5.75 Å². The van der Waals surface area contributed by atoms with Gasteiger partial charge in [-0.05, 0) is 65.3 Å². The average Bonchev–Trinajstić information content (AvgIpc) is 3.13. The number of methoxy groups -OCH3 is 1. The van der Waals surface area contributed by atoms with Crippen LogP contribution in [-0.4, -0.2) is 62.0 Å². The van der Waals surface area contributed by atoms with Crippen molar-refractivity contribution in [3.05, 3.63) is 89.2 Å². The molecule has 2 amide bonds.